The molecule has 1 saturated carbocycles. The number of nitrogens with zero attached hydrogens (tertiary/aromatic N) is 1. The Morgan fingerprint density at radius 3 is 2.88 bits per heavy atom. The van der Waals surface area contributed by atoms with Gasteiger partial charge in [0.2, 0.25) is 0 Å². The molecular formula is C13H20N2O. The van der Waals surface area contributed by atoms with Crippen molar-refractivity contribution in [1.82, 2.24) is 9.88 Å². The van der Waals surface area contributed by atoms with E-state index in [1.165, 1.54) is 12.8 Å². The van der Waals surface area contributed by atoms with E-state index in [4.69, 9.17) is 0 Å². The van der Waals surface area contributed by atoms with Crippen LogP contribution < -0.4 is 10.9 Å². The number of rotatable bonds is 5. The minimum absolute atomic E-state index is 0.0980. The van der Waals surface area contributed by atoms with Gasteiger partial charge in [-0.3, -0.25) is 4.79 Å². The fraction of sp³-hybridized carbons (Fsp3) is 0.615. The van der Waals surface area contributed by atoms with E-state index in [-0.39, 0.29) is 5.56 Å². The Balaban J connectivity index is 1.86. The zero-order valence-electron chi connectivity index (χ0n) is 10.1. The summed E-state index contributed by atoms with van der Waals surface area (Å²) in [6.07, 6.45) is 2.72. The van der Waals surface area contributed by atoms with Crippen LogP contribution in [0, 0.1) is 12.8 Å². The van der Waals surface area contributed by atoms with Crippen LogP contribution >= 0.6 is 0 Å². The van der Waals surface area contributed by atoms with E-state index in [9.17, 15) is 4.79 Å². The Labute approximate surface area is 96.5 Å². The molecule has 0 saturated heterocycles. The Hall–Kier alpha value is -1.09. The minimum Gasteiger partial charge on any atom is -0.312 e. The van der Waals surface area contributed by atoms with Crippen LogP contribution in [0.25, 0.3) is 0 Å². The van der Waals surface area contributed by atoms with Crippen molar-refractivity contribution in [3.8, 4) is 0 Å². The van der Waals surface area contributed by atoms with Crippen molar-refractivity contribution in [3.63, 3.8) is 0 Å². The molecule has 0 radical (unpaired) electrons. The van der Waals surface area contributed by atoms with Crippen LogP contribution in [0.3, 0.4) is 0 Å². The fourth-order valence-electron chi connectivity index (χ4n) is 2.08. The number of hydrogen-bond acceptors (Lipinski definition) is 2. The summed E-state index contributed by atoms with van der Waals surface area (Å²) >= 11 is 0. The van der Waals surface area contributed by atoms with Crippen molar-refractivity contribution < 1.29 is 0 Å². The molecule has 1 aliphatic rings. The first kappa shape index (κ1) is 11.4. The second-order valence-electron chi connectivity index (χ2n) is 4.74. The van der Waals surface area contributed by atoms with E-state index < -0.39 is 0 Å². The zero-order chi connectivity index (χ0) is 11.5. The molecule has 1 aromatic heterocycles. The summed E-state index contributed by atoms with van der Waals surface area (Å²) in [4.78, 5) is 11.6. The van der Waals surface area contributed by atoms with Gasteiger partial charge in [0.15, 0.2) is 0 Å². The monoisotopic (exact) mass is 220 g/mol. The number of nitrogens with one attached hydrogen (secondary N) is 1. The maximum Gasteiger partial charge on any atom is 0.250 e. The summed E-state index contributed by atoms with van der Waals surface area (Å²) in [7, 11) is 0. The Kier molecular flexibility index (Phi) is 3.44. The largest absolute Gasteiger partial charge is 0.312 e. The molecule has 16 heavy (non-hydrogen) atoms. The molecule has 0 aliphatic heterocycles. The summed E-state index contributed by atoms with van der Waals surface area (Å²) in [5.41, 5.74) is 1.13. The Morgan fingerprint density at radius 2 is 2.25 bits per heavy atom. The van der Waals surface area contributed by atoms with Crippen LogP contribution in [0.15, 0.2) is 23.0 Å². The molecule has 1 aromatic rings. The molecule has 88 valence electrons. The lowest BCUT2D eigenvalue weighted by atomic mass is 10.2. The van der Waals surface area contributed by atoms with Gasteiger partial charge in [0.25, 0.3) is 5.56 Å². The standard InChI is InChI=1S/C13H20N2O/c1-10-4-3-5-13(16)15(10)9-8-14-11(2)12-6-7-12/h3-5,11-12,14H,6-9H2,1-2H3. The van der Waals surface area contributed by atoms with Crippen molar-refractivity contribution >= 4 is 0 Å². The molecule has 0 spiro atoms. The van der Waals surface area contributed by atoms with Gasteiger partial charge < -0.3 is 9.88 Å². The highest BCUT2D eigenvalue weighted by atomic mass is 16.1. The van der Waals surface area contributed by atoms with Gasteiger partial charge >= 0.3 is 0 Å². The van der Waals surface area contributed by atoms with Gasteiger partial charge in [0.05, 0.1) is 0 Å². The molecule has 3 heteroatoms. The van der Waals surface area contributed by atoms with Crippen molar-refractivity contribution in [2.24, 2.45) is 5.92 Å². The lowest BCUT2D eigenvalue weighted by Crippen LogP contribution is -2.33. The van der Waals surface area contributed by atoms with Crippen molar-refractivity contribution in [2.75, 3.05) is 6.54 Å². The zero-order valence-corrected chi connectivity index (χ0v) is 10.1. The quantitative estimate of drug-likeness (QED) is 0.817. The highest BCUT2D eigenvalue weighted by molar-refractivity contribution is 5.04. The third kappa shape index (κ3) is 2.73. The maximum absolute atomic E-state index is 11.6. The average molecular weight is 220 g/mol. The van der Waals surface area contributed by atoms with Crippen LogP contribution in [0.5, 0.6) is 0 Å². The lowest BCUT2D eigenvalue weighted by molar-refractivity contribution is 0.469. The molecule has 1 heterocycles. The van der Waals surface area contributed by atoms with Gasteiger partial charge in [0.1, 0.15) is 0 Å². The number of hydrogen-bond donors (Lipinski definition) is 1. The molecular weight excluding hydrogens is 200 g/mol. The van der Waals surface area contributed by atoms with Gasteiger partial charge in [-0.1, -0.05) is 6.07 Å². The van der Waals surface area contributed by atoms with Crippen LogP contribution in [0.4, 0.5) is 0 Å². The highest BCUT2D eigenvalue weighted by Crippen LogP contribution is 2.32. The molecule has 1 fully saturated rings. The van der Waals surface area contributed by atoms with E-state index in [0.29, 0.717) is 6.04 Å². The van der Waals surface area contributed by atoms with Gasteiger partial charge in [-0.2, -0.15) is 0 Å². The molecule has 0 bridgehead atoms. The predicted molar refractivity (Wildman–Crippen MR) is 65.6 cm³/mol. The summed E-state index contributed by atoms with van der Waals surface area (Å²) in [5, 5.41) is 3.49. The molecule has 2 rings (SSSR count). The predicted octanol–water partition coefficient (Wildman–Crippen LogP) is 1.54. The molecule has 1 aliphatic carbocycles. The van der Waals surface area contributed by atoms with Crippen molar-refractivity contribution in [2.45, 2.75) is 39.3 Å². The van der Waals surface area contributed by atoms with Gasteiger partial charge in [-0.15, -0.1) is 0 Å². The first-order chi connectivity index (χ1) is 7.68. The number of aryl methyl sites for hydroxylation is 1. The molecule has 0 amide bonds. The molecule has 0 aromatic carbocycles. The number of pyridine rings is 1. The first-order valence-corrected chi connectivity index (χ1v) is 6.08. The third-order valence-electron chi connectivity index (χ3n) is 3.40. The summed E-state index contributed by atoms with van der Waals surface area (Å²) < 4.78 is 1.83. The second kappa shape index (κ2) is 4.83. The van der Waals surface area contributed by atoms with E-state index in [2.05, 4.69) is 12.2 Å². The average Bonchev–Trinajstić information content (AvgIpc) is 3.05. The second-order valence-corrected chi connectivity index (χ2v) is 4.74. The lowest BCUT2D eigenvalue weighted by Gasteiger charge is -2.14. The van der Waals surface area contributed by atoms with Crippen molar-refractivity contribution in [1.29, 1.82) is 0 Å². The van der Waals surface area contributed by atoms with Crippen LogP contribution in [-0.4, -0.2) is 17.2 Å². The highest BCUT2D eigenvalue weighted by Gasteiger charge is 2.27. The van der Waals surface area contributed by atoms with E-state index in [1.807, 2.05) is 23.6 Å². The smallest absolute Gasteiger partial charge is 0.250 e. The Bertz CT molecular complexity index is 407. The Morgan fingerprint density at radius 1 is 1.50 bits per heavy atom. The van der Waals surface area contributed by atoms with Crippen LogP contribution in [0.2, 0.25) is 0 Å². The molecule has 1 atom stereocenters. The van der Waals surface area contributed by atoms with E-state index >= 15 is 0 Å². The van der Waals surface area contributed by atoms with Gasteiger partial charge in [0, 0.05) is 30.9 Å². The van der Waals surface area contributed by atoms with Gasteiger partial charge in [-0.05, 0) is 38.7 Å². The molecule has 1 unspecified atom stereocenters. The van der Waals surface area contributed by atoms with Crippen LogP contribution in [0.1, 0.15) is 25.5 Å². The molecule has 3 nitrogen and oxygen atoms in total. The molecule has 1 N–H and O–H groups in total. The summed E-state index contributed by atoms with van der Waals surface area (Å²) in [5.74, 6) is 0.869. The summed E-state index contributed by atoms with van der Waals surface area (Å²) in [6.45, 7) is 5.86. The van der Waals surface area contributed by atoms with Crippen LogP contribution in [-0.2, 0) is 6.54 Å². The topological polar surface area (TPSA) is 34.0 Å². The normalized spacial score (nSPS) is 17.4. The van der Waals surface area contributed by atoms with E-state index in [1.54, 1.807) is 6.07 Å². The van der Waals surface area contributed by atoms with E-state index in [0.717, 1.165) is 24.7 Å². The van der Waals surface area contributed by atoms with Crippen molar-refractivity contribution in [3.05, 3.63) is 34.2 Å². The maximum atomic E-state index is 11.6. The fourth-order valence-corrected chi connectivity index (χ4v) is 2.08. The summed E-state index contributed by atoms with van der Waals surface area (Å²) in [6, 6.07) is 6.01. The van der Waals surface area contributed by atoms with Gasteiger partial charge in [-0.25, -0.2) is 0 Å². The number of aromatic nitrogens is 1. The third-order valence-corrected chi connectivity index (χ3v) is 3.40. The first-order valence-electron chi connectivity index (χ1n) is 6.08. The minimum atomic E-state index is 0.0980. The SMILES string of the molecule is Cc1cccc(=O)n1CCNC(C)C1CC1.